The normalized spacial score (nSPS) is 30.2. The van der Waals surface area contributed by atoms with Crippen LogP contribution in [0, 0.1) is 11.8 Å². The molecule has 3 atom stereocenters. The summed E-state index contributed by atoms with van der Waals surface area (Å²) in [7, 11) is 0. The van der Waals surface area contributed by atoms with E-state index in [-0.39, 0.29) is 5.54 Å². The van der Waals surface area contributed by atoms with Crippen molar-refractivity contribution in [1.82, 2.24) is 10.3 Å². The number of nitrogens with zero attached hydrogens (tertiary/aromatic N) is 1. The Bertz CT molecular complexity index is 432. The molecule has 0 aromatic carbocycles. The molecule has 0 saturated heterocycles. The molecule has 2 aliphatic rings. The summed E-state index contributed by atoms with van der Waals surface area (Å²) in [4.78, 5) is 4.46. The van der Waals surface area contributed by atoms with Gasteiger partial charge in [-0.3, -0.25) is 0 Å². The van der Waals surface area contributed by atoms with Crippen LogP contribution in [0.3, 0.4) is 0 Å². The lowest BCUT2D eigenvalue weighted by atomic mass is 9.87. The summed E-state index contributed by atoms with van der Waals surface area (Å²) in [6.45, 7) is 7.48. The number of nitrogens with one attached hydrogen (secondary N) is 1. The van der Waals surface area contributed by atoms with Gasteiger partial charge in [-0.1, -0.05) is 6.42 Å². The highest BCUT2D eigenvalue weighted by Crippen LogP contribution is 2.52. The van der Waals surface area contributed by atoms with Gasteiger partial charge in [0.2, 0.25) is 0 Å². The van der Waals surface area contributed by atoms with Crippen LogP contribution >= 0.6 is 0 Å². The van der Waals surface area contributed by atoms with Gasteiger partial charge in [0, 0.05) is 24.4 Å². The molecule has 0 aliphatic heterocycles. The van der Waals surface area contributed by atoms with Crippen LogP contribution in [0.4, 0.5) is 0 Å². The zero-order chi connectivity index (χ0) is 13.5. The maximum absolute atomic E-state index is 5.98. The van der Waals surface area contributed by atoms with Crippen LogP contribution in [0.1, 0.15) is 64.0 Å². The fourth-order valence-corrected chi connectivity index (χ4v) is 3.75. The predicted molar refractivity (Wildman–Crippen MR) is 76.2 cm³/mol. The Balaban J connectivity index is 1.55. The largest absolute Gasteiger partial charge is 0.445 e. The zero-order valence-corrected chi connectivity index (χ0v) is 12.4. The molecule has 1 heterocycles. The molecule has 0 radical (unpaired) electrons. The lowest BCUT2D eigenvalue weighted by Crippen LogP contribution is -2.37. The molecule has 1 aromatic rings. The van der Waals surface area contributed by atoms with Crippen molar-refractivity contribution in [2.45, 2.75) is 64.3 Å². The number of fused-ring (bicyclic) bond motifs is 2. The second-order valence-corrected chi connectivity index (χ2v) is 7.36. The minimum Gasteiger partial charge on any atom is -0.445 e. The first kappa shape index (κ1) is 13.2. The molecule has 3 heteroatoms. The van der Waals surface area contributed by atoms with Crippen LogP contribution in [0.2, 0.25) is 0 Å². The van der Waals surface area contributed by atoms with Crippen LogP contribution in [0.25, 0.3) is 0 Å². The number of oxazole rings is 1. The first-order chi connectivity index (χ1) is 9.01. The van der Waals surface area contributed by atoms with Crippen LogP contribution in [0.15, 0.2) is 10.6 Å². The van der Waals surface area contributed by atoms with E-state index < -0.39 is 0 Å². The Labute approximate surface area is 116 Å². The molecule has 1 N–H and O–H groups in total. The van der Waals surface area contributed by atoms with Crippen molar-refractivity contribution in [3.8, 4) is 0 Å². The summed E-state index contributed by atoms with van der Waals surface area (Å²) < 4.78 is 5.98. The highest BCUT2D eigenvalue weighted by Gasteiger charge is 2.41. The van der Waals surface area contributed by atoms with Gasteiger partial charge in [0.05, 0.1) is 6.20 Å². The van der Waals surface area contributed by atoms with Crippen LogP contribution in [-0.4, -0.2) is 17.1 Å². The van der Waals surface area contributed by atoms with E-state index in [4.69, 9.17) is 4.42 Å². The minimum absolute atomic E-state index is 0.167. The van der Waals surface area contributed by atoms with Gasteiger partial charge >= 0.3 is 0 Å². The summed E-state index contributed by atoms with van der Waals surface area (Å²) in [6.07, 6.45) is 8.47. The molecule has 1 aromatic heterocycles. The van der Waals surface area contributed by atoms with Crippen LogP contribution in [-0.2, 0) is 6.42 Å². The Morgan fingerprint density at radius 2 is 2.16 bits per heavy atom. The lowest BCUT2D eigenvalue weighted by molar-refractivity contribution is 0.339. The summed E-state index contributed by atoms with van der Waals surface area (Å²) in [6, 6.07) is 0. The van der Waals surface area contributed by atoms with E-state index in [2.05, 4.69) is 31.1 Å². The standard InChI is InChI=1S/C16H26N2O/c1-16(2,3)18-7-6-15-17-10-14(19-15)13-9-11-4-5-12(13)8-11/h10-13,18H,4-9H2,1-3H3. The second kappa shape index (κ2) is 4.93. The first-order valence-corrected chi connectivity index (χ1v) is 7.71. The highest BCUT2D eigenvalue weighted by atomic mass is 16.4. The number of rotatable bonds is 4. The lowest BCUT2D eigenvalue weighted by Gasteiger charge is -2.20. The summed E-state index contributed by atoms with van der Waals surface area (Å²) in [5, 5.41) is 3.48. The Kier molecular flexibility index (Phi) is 3.42. The van der Waals surface area contributed by atoms with Gasteiger partial charge in [0.1, 0.15) is 5.76 Å². The van der Waals surface area contributed by atoms with Crippen molar-refractivity contribution in [3.63, 3.8) is 0 Å². The molecular weight excluding hydrogens is 236 g/mol. The SMILES string of the molecule is CC(C)(C)NCCc1ncc(C2CC3CCC2C3)o1. The van der Waals surface area contributed by atoms with Crippen molar-refractivity contribution in [2.24, 2.45) is 11.8 Å². The second-order valence-electron chi connectivity index (χ2n) is 7.36. The van der Waals surface area contributed by atoms with E-state index in [0.29, 0.717) is 5.92 Å². The van der Waals surface area contributed by atoms with Crippen LogP contribution in [0.5, 0.6) is 0 Å². The van der Waals surface area contributed by atoms with Gasteiger partial charge < -0.3 is 9.73 Å². The third-order valence-corrected chi connectivity index (χ3v) is 4.67. The van der Waals surface area contributed by atoms with E-state index in [0.717, 1.165) is 36.5 Å². The van der Waals surface area contributed by atoms with Gasteiger partial charge in [0.25, 0.3) is 0 Å². The molecule has 0 amide bonds. The molecule has 3 unspecified atom stereocenters. The van der Waals surface area contributed by atoms with Gasteiger partial charge in [-0.05, 0) is 51.9 Å². The molecule has 2 saturated carbocycles. The third-order valence-electron chi connectivity index (χ3n) is 4.67. The van der Waals surface area contributed by atoms with Gasteiger partial charge in [-0.25, -0.2) is 4.98 Å². The zero-order valence-electron chi connectivity index (χ0n) is 12.4. The molecule has 2 aliphatic carbocycles. The number of hydrogen-bond donors (Lipinski definition) is 1. The first-order valence-electron chi connectivity index (χ1n) is 7.71. The van der Waals surface area contributed by atoms with Crippen LogP contribution < -0.4 is 5.32 Å². The molecule has 3 nitrogen and oxygen atoms in total. The van der Waals surface area contributed by atoms with Crippen molar-refractivity contribution in [1.29, 1.82) is 0 Å². The van der Waals surface area contributed by atoms with E-state index in [1.807, 2.05) is 6.20 Å². The monoisotopic (exact) mass is 262 g/mol. The summed E-state index contributed by atoms with van der Waals surface area (Å²) >= 11 is 0. The van der Waals surface area contributed by atoms with E-state index in [1.54, 1.807) is 0 Å². The van der Waals surface area contributed by atoms with Gasteiger partial charge in [-0.15, -0.1) is 0 Å². The third kappa shape index (κ3) is 3.02. The van der Waals surface area contributed by atoms with Crippen molar-refractivity contribution >= 4 is 0 Å². The Hall–Kier alpha value is -0.830. The maximum Gasteiger partial charge on any atom is 0.195 e. The molecule has 2 fully saturated rings. The fourth-order valence-electron chi connectivity index (χ4n) is 3.75. The number of hydrogen-bond acceptors (Lipinski definition) is 3. The molecule has 2 bridgehead atoms. The fraction of sp³-hybridized carbons (Fsp3) is 0.812. The minimum atomic E-state index is 0.167. The summed E-state index contributed by atoms with van der Waals surface area (Å²) in [5.41, 5.74) is 0.167. The average Bonchev–Trinajstić information content (AvgIpc) is 3.02. The van der Waals surface area contributed by atoms with Gasteiger partial charge in [-0.2, -0.15) is 0 Å². The van der Waals surface area contributed by atoms with Gasteiger partial charge in [0.15, 0.2) is 5.89 Å². The van der Waals surface area contributed by atoms with Crippen molar-refractivity contribution in [2.75, 3.05) is 6.54 Å². The van der Waals surface area contributed by atoms with Crippen molar-refractivity contribution in [3.05, 3.63) is 17.8 Å². The maximum atomic E-state index is 5.98. The van der Waals surface area contributed by atoms with Crippen molar-refractivity contribution < 1.29 is 4.42 Å². The Morgan fingerprint density at radius 3 is 2.79 bits per heavy atom. The molecule has 106 valence electrons. The predicted octanol–water partition coefficient (Wildman–Crippen LogP) is 3.51. The number of aromatic nitrogens is 1. The quantitative estimate of drug-likeness (QED) is 0.902. The average molecular weight is 262 g/mol. The van der Waals surface area contributed by atoms with E-state index in [1.165, 1.54) is 25.7 Å². The molecule has 0 spiro atoms. The highest BCUT2D eigenvalue weighted by molar-refractivity contribution is 5.10. The molecular formula is C16H26N2O. The molecule has 3 rings (SSSR count). The summed E-state index contributed by atoms with van der Waals surface area (Å²) in [5.74, 6) is 4.55. The molecule has 19 heavy (non-hydrogen) atoms. The van der Waals surface area contributed by atoms with E-state index >= 15 is 0 Å². The smallest absolute Gasteiger partial charge is 0.195 e. The Morgan fingerprint density at radius 1 is 1.32 bits per heavy atom. The topological polar surface area (TPSA) is 38.1 Å². The van der Waals surface area contributed by atoms with E-state index in [9.17, 15) is 0 Å².